The van der Waals surface area contributed by atoms with Gasteiger partial charge in [0.25, 0.3) is 0 Å². The molecule has 0 amide bonds. The van der Waals surface area contributed by atoms with Gasteiger partial charge in [0.1, 0.15) is 12.4 Å². The fraction of sp³-hybridized carbons (Fsp3) is 0.800. The summed E-state index contributed by atoms with van der Waals surface area (Å²) in [5.41, 5.74) is 0. The molecule has 4 nitrogen and oxygen atoms in total. The standard InChI is InChI=1S/C10H21N3O/c1-5-9(6-2)13(8(3)11)10(12)7-14-4/h9,11-12H,5-7H2,1-4H3. The van der Waals surface area contributed by atoms with E-state index in [1.165, 1.54) is 0 Å². The highest BCUT2D eigenvalue weighted by Crippen LogP contribution is 2.09. The summed E-state index contributed by atoms with van der Waals surface area (Å²) in [7, 11) is 1.57. The van der Waals surface area contributed by atoms with Crippen LogP contribution < -0.4 is 0 Å². The Balaban J connectivity index is 4.57. The van der Waals surface area contributed by atoms with Crippen LogP contribution in [0.4, 0.5) is 0 Å². The molecule has 0 unspecified atom stereocenters. The maximum absolute atomic E-state index is 7.77. The van der Waals surface area contributed by atoms with E-state index in [1.807, 2.05) is 0 Å². The van der Waals surface area contributed by atoms with Crippen LogP contribution in [0.1, 0.15) is 33.6 Å². The average molecular weight is 199 g/mol. The van der Waals surface area contributed by atoms with Gasteiger partial charge >= 0.3 is 0 Å². The first-order valence-electron chi connectivity index (χ1n) is 4.99. The van der Waals surface area contributed by atoms with E-state index in [4.69, 9.17) is 15.6 Å². The first-order valence-corrected chi connectivity index (χ1v) is 4.99. The van der Waals surface area contributed by atoms with Crippen molar-refractivity contribution < 1.29 is 4.74 Å². The highest BCUT2D eigenvalue weighted by Gasteiger charge is 2.19. The van der Waals surface area contributed by atoms with E-state index < -0.39 is 0 Å². The second kappa shape index (κ2) is 6.54. The first-order chi connectivity index (χ1) is 6.58. The minimum absolute atomic E-state index is 0.246. The fourth-order valence-electron chi connectivity index (χ4n) is 1.56. The van der Waals surface area contributed by atoms with Gasteiger partial charge in [-0.15, -0.1) is 0 Å². The Hall–Kier alpha value is -0.900. The molecule has 0 aliphatic carbocycles. The van der Waals surface area contributed by atoms with Gasteiger partial charge in [-0.3, -0.25) is 10.8 Å². The van der Waals surface area contributed by atoms with E-state index in [0.717, 1.165) is 12.8 Å². The third-order valence-corrected chi connectivity index (χ3v) is 2.24. The lowest BCUT2D eigenvalue weighted by atomic mass is 10.1. The van der Waals surface area contributed by atoms with Crippen LogP contribution in [-0.2, 0) is 4.74 Å². The third-order valence-electron chi connectivity index (χ3n) is 2.24. The summed E-state index contributed by atoms with van der Waals surface area (Å²) in [6.45, 7) is 6.13. The van der Waals surface area contributed by atoms with E-state index in [0.29, 0.717) is 11.7 Å². The lowest BCUT2D eigenvalue weighted by Gasteiger charge is -2.31. The quantitative estimate of drug-likeness (QED) is 0.526. The van der Waals surface area contributed by atoms with Gasteiger partial charge in [0.05, 0.1) is 5.84 Å². The zero-order chi connectivity index (χ0) is 11.1. The second-order valence-corrected chi connectivity index (χ2v) is 3.31. The van der Waals surface area contributed by atoms with Crippen molar-refractivity contribution in [3.63, 3.8) is 0 Å². The fourth-order valence-corrected chi connectivity index (χ4v) is 1.56. The SMILES string of the molecule is CCC(CC)N(C(C)=N)C(=N)COC. The highest BCUT2D eigenvalue weighted by atomic mass is 16.5. The molecule has 4 heteroatoms. The van der Waals surface area contributed by atoms with Crippen LogP contribution >= 0.6 is 0 Å². The Kier molecular flexibility index (Phi) is 6.12. The van der Waals surface area contributed by atoms with Crippen molar-refractivity contribution in [3.8, 4) is 0 Å². The Morgan fingerprint density at radius 3 is 2.07 bits per heavy atom. The van der Waals surface area contributed by atoms with Crippen LogP contribution in [0, 0.1) is 10.8 Å². The van der Waals surface area contributed by atoms with E-state index >= 15 is 0 Å². The number of nitrogens with one attached hydrogen (secondary N) is 2. The van der Waals surface area contributed by atoms with Gasteiger partial charge in [0, 0.05) is 13.2 Å². The highest BCUT2D eigenvalue weighted by molar-refractivity contribution is 5.97. The van der Waals surface area contributed by atoms with E-state index in [1.54, 1.807) is 18.9 Å². The topological polar surface area (TPSA) is 60.2 Å². The van der Waals surface area contributed by atoms with Gasteiger partial charge < -0.3 is 9.64 Å². The largest absolute Gasteiger partial charge is 0.377 e. The molecule has 0 atom stereocenters. The molecular formula is C10H21N3O. The molecule has 82 valence electrons. The number of hydrogen-bond donors (Lipinski definition) is 2. The predicted molar refractivity (Wildman–Crippen MR) is 59.2 cm³/mol. The van der Waals surface area contributed by atoms with Crippen molar-refractivity contribution in [1.29, 1.82) is 10.8 Å². The van der Waals surface area contributed by atoms with Gasteiger partial charge in [-0.2, -0.15) is 0 Å². The number of nitrogens with zero attached hydrogens (tertiary/aromatic N) is 1. The monoisotopic (exact) mass is 199 g/mol. The van der Waals surface area contributed by atoms with Gasteiger partial charge in [-0.25, -0.2) is 0 Å². The Morgan fingerprint density at radius 1 is 1.29 bits per heavy atom. The molecule has 0 spiro atoms. The van der Waals surface area contributed by atoms with Crippen molar-refractivity contribution in [3.05, 3.63) is 0 Å². The summed E-state index contributed by atoms with van der Waals surface area (Å²) in [4.78, 5) is 1.74. The number of amidine groups is 2. The van der Waals surface area contributed by atoms with E-state index in [-0.39, 0.29) is 12.6 Å². The molecule has 0 aliphatic rings. The molecule has 0 radical (unpaired) electrons. The maximum atomic E-state index is 7.77. The number of rotatable bonds is 5. The van der Waals surface area contributed by atoms with Crippen molar-refractivity contribution in [2.75, 3.05) is 13.7 Å². The third kappa shape index (κ3) is 3.46. The molecule has 0 saturated heterocycles. The van der Waals surface area contributed by atoms with Crippen molar-refractivity contribution in [2.24, 2.45) is 0 Å². The molecule has 0 bridgehead atoms. The summed E-state index contributed by atoms with van der Waals surface area (Å²) >= 11 is 0. The molecular weight excluding hydrogens is 178 g/mol. The summed E-state index contributed by atoms with van der Waals surface area (Å²) in [5.74, 6) is 0.787. The van der Waals surface area contributed by atoms with Crippen LogP contribution in [0.25, 0.3) is 0 Å². The number of hydrogen-bond acceptors (Lipinski definition) is 3. The summed E-state index contributed by atoms with van der Waals surface area (Å²) in [5, 5.41) is 15.4. The van der Waals surface area contributed by atoms with E-state index in [9.17, 15) is 0 Å². The summed E-state index contributed by atoms with van der Waals surface area (Å²) < 4.78 is 4.91. The molecule has 0 aromatic rings. The summed E-state index contributed by atoms with van der Waals surface area (Å²) in [6, 6.07) is 0.246. The van der Waals surface area contributed by atoms with Gasteiger partial charge in [-0.1, -0.05) is 13.8 Å². The van der Waals surface area contributed by atoms with Crippen LogP contribution in [0.2, 0.25) is 0 Å². The van der Waals surface area contributed by atoms with Crippen molar-refractivity contribution >= 4 is 11.7 Å². The summed E-state index contributed by atoms with van der Waals surface area (Å²) in [6.07, 6.45) is 1.89. The van der Waals surface area contributed by atoms with Gasteiger partial charge in [-0.05, 0) is 19.8 Å². The minimum atomic E-state index is 0.246. The zero-order valence-electron chi connectivity index (χ0n) is 9.55. The van der Waals surface area contributed by atoms with Crippen molar-refractivity contribution in [2.45, 2.75) is 39.7 Å². The Morgan fingerprint density at radius 2 is 1.79 bits per heavy atom. The lowest BCUT2D eigenvalue weighted by molar-refractivity contribution is 0.230. The van der Waals surface area contributed by atoms with Gasteiger partial charge in [0.2, 0.25) is 0 Å². The molecule has 0 saturated carbocycles. The van der Waals surface area contributed by atoms with Crippen molar-refractivity contribution in [1.82, 2.24) is 4.90 Å². The number of methoxy groups -OCH3 is 1. The molecule has 0 aliphatic heterocycles. The molecule has 0 aromatic carbocycles. The smallest absolute Gasteiger partial charge is 0.128 e. The van der Waals surface area contributed by atoms with Crippen LogP contribution in [0.15, 0.2) is 0 Å². The molecule has 0 heterocycles. The minimum Gasteiger partial charge on any atom is -0.377 e. The second-order valence-electron chi connectivity index (χ2n) is 3.31. The average Bonchev–Trinajstić information content (AvgIpc) is 2.13. The van der Waals surface area contributed by atoms with E-state index in [2.05, 4.69) is 13.8 Å². The molecule has 14 heavy (non-hydrogen) atoms. The Labute approximate surface area is 86.3 Å². The molecule has 0 rings (SSSR count). The Bertz CT molecular complexity index is 200. The molecule has 0 aromatic heterocycles. The zero-order valence-corrected chi connectivity index (χ0v) is 9.55. The normalized spacial score (nSPS) is 10.4. The van der Waals surface area contributed by atoms with Crippen LogP contribution in [0.3, 0.4) is 0 Å². The van der Waals surface area contributed by atoms with Crippen LogP contribution in [0.5, 0.6) is 0 Å². The first kappa shape index (κ1) is 13.1. The number of ether oxygens (including phenoxy) is 1. The van der Waals surface area contributed by atoms with Crippen LogP contribution in [-0.4, -0.2) is 36.3 Å². The predicted octanol–water partition coefficient (Wildman–Crippen LogP) is 2.10. The van der Waals surface area contributed by atoms with Gasteiger partial charge in [0.15, 0.2) is 0 Å². The maximum Gasteiger partial charge on any atom is 0.128 e. The lowest BCUT2D eigenvalue weighted by Crippen LogP contribution is -2.44. The molecule has 0 fully saturated rings. The molecule has 2 N–H and O–H groups in total.